The number of aliphatic hydroxyl groups excluding tert-OH is 1. The van der Waals surface area contributed by atoms with Crippen molar-refractivity contribution in [2.75, 3.05) is 0 Å². The van der Waals surface area contributed by atoms with Crippen LogP contribution in [0.1, 0.15) is 35.3 Å². The zero-order chi connectivity index (χ0) is 13.8. The van der Waals surface area contributed by atoms with Crippen molar-refractivity contribution in [2.24, 2.45) is 0 Å². The summed E-state index contributed by atoms with van der Waals surface area (Å²) >= 11 is 3.56. The van der Waals surface area contributed by atoms with Gasteiger partial charge in [0.2, 0.25) is 0 Å². The topological polar surface area (TPSA) is 20.2 Å². The highest BCUT2D eigenvalue weighted by atomic mass is 79.9. The molecule has 0 radical (unpaired) electrons. The summed E-state index contributed by atoms with van der Waals surface area (Å²) in [5.74, 6) is 0. The van der Waals surface area contributed by atoms with E-state index in [0.717, 1.165) is 27.6 Å². The molecule has 0 aliphatic carbocycles. The fourth-order valence-corrected chi connectivity index (χ4v) is 2.70. The molecule has 1 nitrogen and oxygen atoms in total. The van der Waals surface area contributed by atoms with Gasteiger partial charge in [-0.15, -0.1) is 0 Å². The molecule has 0 aromatic heterocycles. The van der Waals surface area contributed by atoms with E-state index < -0.39 is 6.10 Å². The average Bonchev–Trinajstić information content (AvgIpc) is 2.42. The van der Waals surface area contributed by atoms with Crippen LogP contribution in [0.15, 0.2) is 46.9 Å². The number of rotatable bonds is 4. The number of aryl methyl sites for hydroxylation is 2. The van der Waals surface area contributed by atoms with E-state index in [1.54, 1.807) is 0 Å². The average molecular weight is 319 g/mol. The normalized spacial score (nSPS) is 12.4. The maximum atomic E-state index is 10.4. The van der Waals surface area contributed by atoms with E-state index in [0.29, 0.717) is 6.42 Å². The third-order valence-corrected chi connectivity index (χ3v) is 4.52. The molecule has 0 saturated heterocycles. The van der Waals surface area contributed by atoms with E-state index in [9.17, 15) is 5.11 Å². The van der Waals surface area contributed by atoms with Crippen LogP contribution in [0.3, 0.4) is 0 Å². The van der Waals surface area contributed by atoms with Crippen molar-refractivity contribution in [3.63, 3.8) is 0 Å². The molecule has 0 saturated carbocycles. The number of halogens is 1. The van der Waals surface area contributed by atoms with Crippen LogP contribution >= 0.6 is 15.9 Å². The van der Waals surface area contributed by atoms with Gasteiger partial charge in [-0.05, 0) is 35.6 Å². The van der Waals surface area contributed by atoms with Crippen molar-refractivity contribution in [3.05, 3.63) is 69.2 Å². The third kappa shape index (κ3) is 3.46. The molecule has 0 amide bonds. The molecule has 19 heavy (non-hydrogen) atoms. The lowest BCUT2D eigenvalue weighted by molar-refractivity contribution is 0.177. The van der Waals surface area contributed by atoms with Gasteiger partial charge in [0, 0.05) is 10.9 Å². The Morgan fingerprint density at radius 2 is 1.68 bits per heavy atom. The predicted molar refractivity (Wildman–Crippen MR) is 83.4 cm³/mol. The van der Waals surface area contributed by atoms with Crippen LogP contribution < -0.4 is 0 Å². The summed E-state index contributed by atoms with van der Waals surface area (Å²) in [7, 11) is 0. The summed E-state index contributed by atoms with van der Waals surface area (Å²) < 4.78 is 1.01. The van der Waals surface area contributed by atoms with Crippen LogP contribution in [0.2, 0.25) is 0 Å². The second-order valence-electron chi connectivity index (χ2n) is 4.87. The van der Waals surface area contributed by atoms with Crippen LogP contribution in [0.25, 0.3) is 0 Å². The number of aliphatic hydroxyl groups is 1. The molecule has 0 heterocycles. The first-order valence-electron chi connectivity index (χ1n) is 6.62. The Morgan fingerprint density at radius 1 is 1.05 bits per heavy atom. The zero-order valence-electron chi connectivity index (χ0n) is 11.4. The number of hydrogen-bond acceptors (Lipinski definition) is 1. The van der Waals surface area contributed by atoms with Gasteiger partial charge in [0.15, 0.2) is 0 Å². The maximum Gasteiger partial charge on any atom is 0.0841 e. The molecule has 2 heteroatoms. The molecular weight excluding hydrogens is 300 g/mol. The Morgan fingerprint density at radius 3 is 2.32 bits per heavy atom. The van der Waals surface area contributed by atoms with Gasteiger partial charge in [-0.2, -0.15) is 0 Å². The molecular formula is C17H19BrO. The van der Waals surface area contributed by atoms with Gasteiger partial charge in [-0.3, -0.25) is 0 Å². The second-order valence-corrected chi connectivity index (χ2v) is 5.66. The Hall–Kier alpha value is -1.12. The SMILES string of the molecule is CCc1ccc(CC(O)c2cccc(C)c2Br)cc1. The number of benzene rings is 2. The summed E-state index contributed by atoms with van der Waals surface area (Å²) in [5.41, 5.74) is 4.60. The lowest BCUT2D eigenvalue weighted by atomic mass is 9.99. The highest BCUT2D eigenvalue weighted by molar-refractivity contribution is 9.10. The molecule has 100 valence electrons. The molecule has 0 fully saturated rings. The van der Waals surface area contributed by atoms with E-state index in [2.05, 4.69) is 47.1 Å². The maximum absolute atomic E-state index is 10.4. The summed E-state index contributed by atoms with van der Waals surface area (Å²) in [4.78, 5) is 0. The highest BCUT2D eigenvalue weighted by Crippen LogP contribution is 2.28. The summed E-state index contributed by atoms with van der Waals surface area (Å²) in [6.07, 6.45) is 1.22. The van der Waals surface area contributed by atoms with E-state index in [1.807, 2.05) is 25.1 Å². The van der Waals surface area contributed by atoms with Crippen molar-refractivity contribution >= 4 is 15.9 Å². The Bertz CT molecular complexity index is 546. The Balaban J connectivity index is 2.15. The standard InChI is InChI=1S/C17H19BrO/c1-3-13-7-9-14(10-8-13)11-16(19)15-6-4-5-12(2)17(15)18/h4-10,16,19H,3,11H2,1-2H3. The van der Waals surface area contributed by atoms with Crippen molar-refractivity contribution in [1.29, 1.82) is 0 Å². The van der Waals surface area contributed by atoms with E-state index in [4.69, 9.17) is 0 Å². The quantitative estimate of drug-likeness (QED) is 0.873. The van der Waals surface area contributed by atoms with Gasteiger partial charge < -0.3 is 5.11 Å². The molecule has 0 bridgehead atoms. The number of hydrogen-bond donors (Lipinski definition) is 1. The predicted octanol–water partition coefficient (Wildman–Crippen LogP) is 4.60. The Labute approximate surface area is 123 Å². The first-order chi connectivity index (χ1) is 9.11. The molecule has 0 aliphatic heterocycles. The molecule has 1 unspecified atom stereocenters. The summed E-state index contributed by atoms with van der Waals surface area (Å²) in [5, 5.41) is 10.4. The molecule has 2 aromatic carbocycles. The van der Waals surface area contributed by atoms with Crippen molar-refractivity contribution in [2.45, 2.75) is 32.8 Å². The fourth-order valence-electron chi connectivity index (χ4n) is 2.17. The lowest BCUT2D eigenvalue weighted by Crippen LogP contribution is -2.03. The van der Waals surface area contributed by atoms with Crippen LogP contribution in [0.4, 0.5) is 0 Å². The highest BCUT2D eigenvalue weighted by Gasteiger charge is 2.13. The van der Waals surface area contributed by atoms with Crippen LogP contribution in [-0.2, 0) is 12.8 Å². The lowest BCUT2D eigenvalue weighted by Gasteiger charge is -2.14. The van der Waals surface area contributed by atoms with Crippen molar-refractivity contribution in [3.8, 4) is 0 Å². The van der Waals surface area contributed by atoms with Crippen LogP contribution in [0, 0.1) is 6.92 Å². The Kier molecular flexibility index (Phi) is 4.78. The molecule has 1 N–H and O–H groups in total. The van der Waals surface area contributed by atoms with E-state index in [1.165, 1.54) is 5.56 Å². The second kappa shape index (κ2) is 6.36. The first-order valence-corrected chi connectivity index (χ1v) is 7.42. The van der Waals surface area contributed by atoms with Crippen LogP contribution in [-0.4, -0.2) is 5.11 Å². The largest absolute Gasteiger partial charge is 0.388 e. The van der Waals surface area contributed by atoms with Gasteiger partial charge >= 0.3 is 0 Å². The molecule has 0 aliphatic rings. The summed E-state index contributed by atoms with van der Waals surface area (Å²) in [6, 6.07) is 14.5. The minimum Gasteiger partial charge on any atom is -0.388 e. The smallest absolute Gasteiger partial charge is 0.0841 e. The summed E-state index contributed by atoms with van der Waals surface area (Å²) in [6.45, 7) is 4.18. The van der Waals surface area contributed by atoms with Gasteiger partial charge in [0.05, 0.1) is 6.10 Å². The van der Waals surface area contributed by atoms with Crippen LogP contribution in [0.5, 0.6) is 0 Å². The molecule has 2 rings (SSSR count). The fraction of sp³-hybridized carbons (Fsp3) is 0.294. The van der Waals surface area contributed by atoms with Gasteiger partial charge in [0.25, 0.3) is 0 Å². The first kappa shape index (κ1) is 14.3. The monoisotopic (exact) mass is 318 g/mol. The zero-order valence-corrected chi connectivity index (χ0v) is 12.9. The van der Waals surface area contributed by atoms with Crippen molar-refractivity contribution in [1.82, 2.24) is 0 Å². The van der Waals surface area contributed by atoms with E-state index >= 15 is 0 Å². The molecule has 0 spiro atoms. The van der Waals surface area contributed by atoms with Crippen molar-refractivity contribution < 1.29 is 5.11 Å². The third-order valence-electron chi connectivity index (χ3n) is 3.44. The molecule has 2 aromatic rings. The molecule has 1 atom stereocenters. The van der Waals surface area contributed by atoms with Gasteiger partial charge in [-0.1, -0.05) is 65.3 Å². The van der Waals surface area contributed by atoms with Gasteiger partial charge in [-0.25, -0.2) is 0 Å². The van der Waals surface area contributed by atoms with Gasteiger partial charge in [0.1, 0.15) is 0 Å². The minimum absolute atomic E-state index is 0.471. The minimum atomic E-state index is -0.471. The van der Waals surface area contributed by atoms with E-state index in [-0.39, 0.29) is 0 Å².